The highest BCUT2D eigenvalue weighted by Crippen LogP contribution is 2.30. The van der Waals surface area contributed by atoms with Gasteiger partial charge in [0.25, 0.3) is 11.8 Å². The van der Waals surface area contributed by atoms with Crippen molar-refractivity contribution in [3.05, 3.63) is 53.2 Å². The van der Waals surface area contributed by atoms with E-state index >= 15 is 0 Å². The van der Waals surface area contributed by atoms with Crippen LogP contribution in [0.3, 0.4) is 0 Å². The molecule has 0 spiro atoms. The maximum atomic E-state index is 12.8. The van der Waals surface area contributed by atoms with Crippen molar-refractivity contribution in [2.75, 3.05) is 20.2 Å². The molecule has 1 aliphatic rings. The number of nitrogens with zero attached hydrogens (tertiary/aromatic N) is 3. The van der Waals surface area contributed by atoms with Crippen LogP contribution < -0.4 is 4.74 Å². The van der Waals surface area contributed by atoms with Crippen LogP contribution in [0.1, 0.15) is 35.0 Å². The lowest BCUT2D eigenvalue weighted by Gasteiger charge is -2.31. The lowest BCUT2D eigenvalue weighted by molar-refractivity contribution is 0.0698. The molecule has 1 atom stereocenters. The minimum Gasteiger partial charge on any atom is -0.497 e. The smallest absolute Gasteiger partial charge is 0.257 e. The normalized spacial score (nSPS) is 17.3. The summed E-state index contributed by atoms with van der Waals surface area (Å²) in [6.07, 6.45) is 1.85. The van der Waals surface area contributed by atoms with Crippen molar-refractivity contribution in [2.24, 2.45) is 0 Å². The highest BCUT2D eigenvalue weighted by atomic mass is 32.1. The number of benzene rings is 1. The van der Waals surface area contributed by atoms with Crippen molar-refractivity contribution >= 4 is 17.2 Å². The summed E-state index contributed by atoms with van der Waals surface area (Å²) in [6, 6.07) is 11.2. The van der Waals surface area contributed by atoms with E-state index in [0.717, 1.165) is 24.3 Å². The summed E-state index contributed by atoms with van der Waals surface area (Å²) in [5.41, 5.74) is 0.634. The van der Waals surface area contributed by atoms with Gasteiger partial charge in [-0.2, -0.15) is 0 Å². The number of carbonyl (C=O) groups excluding carboxylic acids is 1. The fraction of sp³-hybridized carbons (Fsp3) is 0.316. The summed E-state index contributed by atoms with van der Waals surface area (Å²) in [4.78, 5) is 15.7. The average Bonchev–Trinajstić information content (AvgIpc) is 3.39. The summed E-state index contributed by atoms with van der Waals surface area (Å²) in [7, 11) is 1.60. The van der Waals surface area contributed by atoms with E-state index in [2.05, 4.69) is 10.2 Å². The van der Waals surface area contributed by atoms with E-state index < -0.39 is 0 Å². The molecule has 0 bridgehead atoms. The van der Waals surface area contributed by atoms with Gasteiger partial charge in [-0.05, 0) is 42.5 Å². The number of likely N-dealkylation sites (tertiary alicyclic amines) is 1. The van der Waals surface area contributed by atoms with E-state index in [-0.39, 0.29) is 11.8 Å². The SMILES string of the molecule is COc1cccc(C(=O)N2CCC[C@@H](c3nnc(-c4cccs4)o3)C2)c1. The number of hydrogen-bond acceptors (Lipinski definition) is 6. The second-order valence-electron chi connectivity index (χ2n) is 6.25. The molecule has 26 heavy (non-hydrogen) atoms. The van der Waals surface area contributed by atoms with Gasteiger partial charge in [-0.1, -0.05) is 12.1 Å². The van der Waals surface area contributed by atoms with Gasteiger partial charge in [-0.3, -0.25) is 4.79 Å². The van der Waals surface area contributed by atoms with Crippen LogP contribution in [-0.2, 0) is 0 Å². The Labute approximate surface area is 155 Å². The molecule has 134 valence electrons. The second kappa shape index (κ2) is 7.29. The van der Waals surface area contributed by atoms with Crippen molar-refractivity contribution in [1.29, 1.82) is 0 Å². The Morgan fingerprint density at radius 3 is 3.04 bits per heavy atom. The molecule has 0 radical (unpaired) electrons. The largest absolute Gasteiger partial charge is 0.497 e. The molecule has 2 aromatic heterocycles. The summed E-state index contributed by atoms with van der Waals surface area (Å²) >= 11 is 1.57. The van der Waals surface area contributed by atoms with E-state index in [1.165, 1.54) is 0 Å². The zero-order chi connectivity index (χ0) is 17.9. The van der Waals surface area contributed by atoms with E-state index in [9.17, 15) is 4.79 Å². The topological polar surface area (TPSA) is 68.5 Å². The number of methoxy groups -OCH3 is 1. The fourth-order valence-corrected chi connectivity index (χ4v) is 3.85. The quantitative estimate of drug-likeness (QED) is 0.699. The molecule has 4 rings (SSSR count). The number of amides is 1. The minimum absolute atomic E-state index is 0.00611. The van der Waals surface area contributed by atoms with Crippen LogP contribution in [0.5, 0.6) is 5.75 Å². The molecule has 1 aromatic carbocycles. The van der Waals surface area contributed by atoms with Gasteiger partial charge in [0.05, 0.1) is 17.9 Å². The number of carbonyl (C=O) groups is 1. The third-order valence-electron chi connectivity index (χ3n) is 4.55. The first-order valence-corrected chi connectivity index (χ1v) is 9.43. The molecule has 1 fully saturated rings. The highest BCUT2D eigenvalue weighted by Gasteiger charge is 2.29. The van der Waals surface area contributed by atoms with Crippen LogP contribution in [0.2, 0.25) is 0 Å². The number of thiophene rings is 1. The standard InChI is InChI=1S/C19H19N3O3S/c1-24-15-7-2-5-13(11-15)19(23)22-9-3-6-14(12-22)17-20-21-18(25-17)16-8-4-10-26-16/h2,4-5,7-8,10-11,14H,3,6,9,12H2,1H3/t14-/m1/s1. The van der Waals surface area contributed by atoms with Crippen LogP contribution in [0.25, 0.3) is 10.8 Å². The van der Waals surface area contributed by atoms with E-state index in [4.69, 9.17) is 9.15 Å². The Balaban J connectivity index is 1.49. The van der Waals surface area contributed by atoms with E-state index in [0.29, 0.717) is 29.6 Å². The first kappa shape index (κ1) is 16.8. The Hall–Kier alpha value is -2.67. The van der Waals surface area contributed by atoms with Crippen LogP contribution in [0.4, 0.5) is 0 Å². The first-order valence-electron chi connectivity index (χ1n) is 8.55. The van der Waals surface area contributed by atoms with Crippen molar-refractivity contribution in [3.8, 4) is 16.5 Å². The predicted molar refractivity (Wildman–Crippen MR) is 98.5 cm³/mol. The number of rotatable bonds is 4. The van der Waals surface area contributed by atoms with Crippen molar-refractivity contribution in [2.45, 2.75) is 18.8 Å². The molecule has 0 N–H and O–H groups in total. The van der Waals surface area contributed by atoms with Gasteiger partial charge in [-0.25, -0.2) is 0 Å². The molecule has 6 nitrogen and oxygen atoms in total. The molecule has 1 amide bonds. The maximum Gasteiger partial charge on any atom is 0.257 e. The highest BCUT2D eigenvalue weighted by molar-refractivity contribution is 7.13. The van der Waals surface area contributed by atoms with E-state index in [1.807, 2.05) is 40.6 Å². The van der Waals surface area contributed by atoms with Gasteiger partial charge in [-0.15, -0.1) is 21.5 Å². The fourth-order valence-electron chi connectivity index (χ4n) is 3.20. The summed E-state index contributed by atoms with van der Waals surface area (Å²) < 4.78 is 11.1. The molecule has 3 aromatic rings. The summed E-state index contributed by atoms with van der Waals surface area (Å²) in [5, 5.41) is 10.4. The number of aromatic nitrogens is 2. The maximum absolute atomic E-state index is 12.8. The average molecular weight is 369 g/mol. The molecule has 3 heterocycles. The van der Waals surface area contributed by atoms with Gasteiger partial charge < -0.3 is 14.1 Å². The van der Waals surface area contributed by atoms with Crippen LogP contribution in [0, 0.1) is 0 Å². The van der Waals surface area contributed by atoms with Gasteiger partial charge in [0.15, 0.2) is 0 Å². The van der Waals surface area contributed by atoms with Gasteiger partial charge >= 0.3 is 0 Å². The molecule has 1 saturated heterocycles. The zero-order valence-corrected chi connectivity index (χ0v) is 15.2. The Morgan fingerprint density at radius 1 is 1.31 bits per heavy atom. The third-order valence-corrected chi connectivity index (χ3v) is 5.40. The zero-order valence-electron chi connectivity index (χ0n) is 14.4. The van der Waals surface area contributed by atoms with Crippen LogP contribution in [0.15, 0.2) is 46.2 Å². The van der Waals surface area contributed by atoms with Crippen LogP contribution >= 0.6 is 11.3 Å². The molecular formula is C19H19N3O3S. The monoisotopic (exact) mass is 369 g/mol. The Morgan fingerprint density at radius 2 is 2.23 bits per heavy atom. The van der Waals surface area contributed by atoms with Gasteiger partial charge in [0.1, 0.15) is 5.75 Å². The van der Waals surface area contributed by atoms with E-state index in [1.54, 1.807) is 24.5 Å². The van der Waals surface area contributed by atoms with Crippen molar-refractivity contribution in [3.63, 3.8) is 0 Å². The van der Waals surface area contributed by atoms with Gasteiger partial charge in [0, 0.05) is 18.7 Å². The Bertz CT molecular complexity index is 891. The van der Waals surface area contributed by atoms with Gasteiger partial charge in [0.2, 0.25) is 5.89 Å². The lowest BCUT2D eigenvalue weighted by atomic mass is 9.97. The number of ether oxygens (including phenoxy) is 1. The molecule has 0 unspecified atom stereocenters. The summed E-state index contributed by atoms with van der Waals surface area (Å²) in [6.45, 7) is 1.32. The molecule has 0 aliphatic carbocycles. The minimum atomic E-state index is 0.00611. The van der Waals surface area contributed by atoms with Crippen molar-refractivity contribution in [1.82, 2.24) is 15.1 Å². The first-order chi connectivity index (χ1) is 12.7. The molecule has 1 aliphatic heterocycles. The van der Waals surface area contributed by atoms with Crippen molar-refractivity contribution < 1.29 is 13.9 Å². The number of hydrogen-bond donors (Lipinski definition) is 0. The number of piperidine rings is 1. The Kier molecular flexibility index (Phi) is 4.71. The second-order valence-corrected chi connectivity index (χ2v) is 7.19. The summed E-state index contributed by atoms with van der Waals surface area (Å²) in [5.74, 6) is 1.91. The lowest BCUT2D eigenvalue weighted by Crippen LogP contribution is -2.39. The predicted octanol–water partition coefficient (Wildman–Crippen LogP) is 3.83. The molecule has 0 saturated carbocycles. The van der Waals surface area contributed by atoms with Crippen LogP contribution in [-0.4, -0.2) is 41.2 Å². The molecular weight excluding hydrogens is 350 g/mol. The molecule has 7 heteroatoms. The third kappa shape index (κ3) is 3.35.